The highest BCUT2D eigenvalue weighted by atomic mass is 35.5. The molecule has 1 aromatic heterocycles. The van der Waals surface area contributed by atoms with Crippen LogP contribution in [0.15, 0.2) is 72.3 Å². The number of imidazole rings is 1. The number of nitrogens with zero attached hydrogens (tertiary/aromatic N) is 2. The number of aryl methyl sites for hydroxylation is 1. The number of ketones is 1. The number of amides is 1. The summed E-state index contributed by atoms with van der Waals surface area (Å²) in [6.45, 7) is 4.12. The molecule has 176 valence electrons. The third-order valence-electron chi connectivity index (χ3n) is 5.91. The van der Waals surface area contributed by atoms with Gasteiger partial charge in [-0.1, -0.05) is 53.6 Å². The van der Waals surface area contributed by atoms with Crippen molar-refractivity contribution in [2.24, 2.45) is 0 Å². The van der Waals surface area contributed by atoms with Crippen LogP contribution in [-0.2, 0) is 9.59 Å². The number of aromatic amines is 1. The van der Waals surface area contributed by atoms with Crippen molar-refractivity contribution >= 4 is 46.0 Å². The number of carbonyl (C=O) groups excluding carboxylic acids is 2. The maximum atomic E-state index is 13.4. The Morgan fingerprint density at radius 2 is 1.91 bits per heavy atom. The number of H-pyrrole nitrogens is 1. The van der Waals surface area contributed by atoms with Gasteiger partial charge in [0.15, 0.2) is 0 Å². The highest BCUT2D eigenvalue weighted by Gasteiger charge is 2.48. The van der Waals surface area contributed by atoms with Crippen LogP contribution in [0.25, 0.3) is 16.8 Å². The number of nitrogens with one attached hydrogen (secondary N) is 1. The van der Waals surface area contributed by atoms with Gasteiger partial charge < -0.3 is 14.8 Å². The normalized spacial score (nSPS) is 17.3. The molecule has 35 heavy (non-hydrogen) atoms. The van der Waals surface area contributed by atoms with E-state index in [9.17, 15) is 14.7 Å². The highest BCUT2D eigenvalue weighted by molar-refractivity contribution is 6.51. The van der Waals surface area contributed by atoms with Crippen molar-refractivity contribution in [3.05, 3.63) is 94.0 Å². The molecule has 0 bridgehead atoms. The van der Waals surface area contributed by atoms with Crippen LogP contribution in [0.5, 0.6) is 5.75 Å². The number of para-hydroxylation sites is 2. The standard InChI is InChI=1S/C27H22ClN3O4/c1-3-35-21-14-17(11-12-18(21)28)24(32)22-23(16-8-6-7-15(2)13-16)31(26(34)25(22)33)27-29-19-9-4-5-10-20(19)30-27/h4-14,23,32H,3H2,1-2H3,(H,29,30)/b24-22+. The number of halogens is 1. The number of ether oxygens (including phenoxy) is 1. The molecule has 4 aromatic rings. The lowest BCUT2D eigenvalue weighted by Gasteiger charge is -2.23. The van der Waals surface area contributed by atoms with Gasteiger partial charge >= 0.3 is 5.91 Å². The van der Waals surface area contributed by atoms with E-state index in [0.717, 1.165) is 11.1 Å². The number of hydrogen-bond donors (Lipinski definition) is 2. The van der Waals surface area contributed by atoms with Gasteiger partial charge in [0.1, 0.15) is 11.5 Å². The number of benzene rings is 3. The van der Waals surface area contributed by atoms with Crippen molar-refractivity contribution in [3.8, 4) is 5.75 Å². The zero-order valence-corrected chi connectivity index (χ0v) is 19.8. The number of anilines is 1. The van der Waals surface area contributed by atoms with Gasteiger partial charge in [-0.2, -0.15) is 0 Å². The van der Waals surface area contributed by atoms with E-state index in [1.165, 1.54) is 4.90 Å². The van der Waals surface area contributed by atoms with E-state index in [2.05, 4.69) is 9.97 Å². The molecule has 1 atom stereocenters. The van der Waals surface area contributed by atoms with Crippen molar-refractivity contribution in [2.45, 2.75) is 19.9 Å². The van der Waals surface area contributed by atoms with E-state index < -0.39 is 17.7 Å². The minimum Gasteiger partial charge on any atom is -0.507 e. The number of fused-ring (bicyclic) bond motifs is 1. The average molecular weight is 488 g/mol. The molecule has 1 aliphatic rings. The third kappa shape index (κ3) is 3.94. The zero-order chi connectivity index (χ0) is 24.7. The second kappa shape index (κ2) is 8.92. The van der Waals surface area contributed by atoms with E-state index in [0.29, 0.717) is 34.0 Å². The Labute approximate surface area is 206 Å². The average Bonchev–Trinajstić information content (AvgIpc) is 3.38. The van der Waals surface area contributed by atoms with Gasteiger partial charge in [-0.25, -0.2) is 4.98 Å². The predicted octanol–water partition coefficient (Wildman–Crippen LogP) is 5.55. The first kappa shape index (κ1) is 22.7. The number of rotatable bonds is 5. The second-order valence-corrected chi connectivity index (χ2v) is 8.65. The fraction of sp³-hybridized carbons (Fsp3) is 0.148. The molecule has 1 aliphatic heterocycles. The summed E-state index contributed by atoms with van der Waals surface area (Å²) in [5.74, 6) is -1.30. The van der Waals surface area contributed by atoms with E-state index in [1.54, 1.807) is 18.2 Å². The molecule has 2 heterocycles. The molecule has 8 heteroatoms. The Hall–Kier alpha value is -4.10. The number of aliphatic hydroxyl groups is 1. The molecule has 3 aromatic carbocycles. The van der Waals surface area contributed by atoms with E-state index in [-0.39, 0.29) is 17.3 Å². The summed E-state index contributed by atoms with van der Waals surface area (Å²) in [5, 5.41) is 11.7. The summed E-state index contributed by atoms with van der Waals surface area (Å²) in [7, 11) is 0. The summed E-state index contributed by atoms with van der Waals surface area (Å²) < 4.78 is 5.55. The van der Waals surface area contributed by atoms with Gasteiger partial charge in [0.25, 0.3) is 5.78 Å². The topological polar surface area (TPSA) is 95.5 Å². The van der Waals surface area contributed by atoms with Gasteiger partial charge in [-0.05, 0) is 49.7 Å². The molecule has 2 N–H and O–H groups in total. The van der Waals surface area contributed by atoms with Gasteiger partial charge in [-0.3, -0.25) is 14.5 Å². The second-order valence-electron chi connectivity index (χ2n) is 8.24. The summed E-state index contributed by atoms with van der Waals surface area (Å²) in [6, 6.07) is 18.7. The Morgan fingerprint density at radius 3 is 2.66 bits per heavy atom. The SMILES string of the molecule is CCOc1cc(/C(O)=C2\C(=O)C(=O)N(c3nc4ccccc4[nH]3)C2c2cccc(C)c2)ccc1Cl. The number of aliphatic hydroxyl groups excluding tert-OH is 1. The highest BCUT2D eigenvalue weighted by Crippen LogP contribution is 2.42. The van der Waals surface area contributed by atoms with Crippen molar-refractivity contribution < 1.29 is 19.4 Å². The van der Waals surface area contributed by atoms with E-state index in [4.69, 9.17) is 16.3 Å². The number of hydrogen-bond acceptors (Lipinski definition) is 5. The third-order valence-corrected chi connectivity index (χ3v) is 6.22. The first-order valence-electron chi connectivity index (χ1n) is 11.1. The van der Waals surface area contributed by atoms with E-state index >= 15 is 0 Å². The monoisotopic (exact) mass is 487 g/mol. The van der Waals surface area contributed by atoms with Crippen molar-refractivity contribution in [2.75, 3.05) is 11.5 Å². The Kier molecular flexibility index (Phi) is 5.78. The minimum absolute atomic E-state index is 0.0363. The van der Waals surface area contributed by atoms with Crippen LogP contribution in [0.3, 0.4) is 0 Å². The molecule has 1 fully saturated rings. The molecule has 7 nitrogen and oxygen atoms in total. The summed E-state index contributed by atoms with van der Waals surface area (Å²) in [5.41, 5.74) is 3.29. The van der Waals surface area contributed by atoms with Crippen LogP contribution in [0.1, 0.15) is 29.7 Å². The molecule has 0 radical (unpaired) electrons. The molecular weight excluding hydrogens is 466 g/mol. The molecule has 0 spiro atoms. The zero-order valence-electron chi connectivity index (χ0n) is 19.1. The fourth-order valence-corrected chi connectivity index (χ4v) is 4.50. The van der Waals surface area contributed by atoms with Crippen LogP contribution in [0, 0.1) is 6.92 Å². The first-order chi connectivity index (χ1) is 16.9. The molecule has 1 unspecified atom stereocenters. The fourth-order valence-electron chi connectivity index (χ4n) is 4.33. The molecule has 0 saturated carbocycles. The summed E-state index contributed by atoms with van der Waals surface area (Å²) in [6.07, 6.45) is 0. The maximum Gasteiger partial charge on any atom is 0.302 e. The largest absolute Gasteiger partial charge is 0.507 e. The quantitative estimate of drug-likeness (QED) is 0.218. The lowest BCUT2D eigenvalue weighted by atomic mass is 9.94. The first-order valence-corrected chi connectivity index (χ1v) is 11.5. The predicted molar refractivity (Wildman–Crippen MR) is 135 cm³/mol. The maximum absolute atomic E-state index is 13.4. The molecular formula is C27H22ClN3O4. The summed E-state index contributed by atoms with van der Waals surface area (Å²) >= 11 is 6.21. The molecule has 1 amide bonds. The van der Waals surface area contributed by atoms with Crippen LogP contribution in [0.4, 0.5) is 5.95 Å². The lowest BCUT2D eigenvalue weighted by molar-refractivity contribution is -0.132. The summed E-state index contributed by atoms with van der Waals surface area (Å²) in [4.78, 5) is 35.7. The van der Waals surface area contributed by atoms with Crippen LogP contribution >= 0.6 is 11.6 Å². The van der Waals surface area contributed by atoms with Crippen LogP contribution in [-0.4, -0.2) is 33.4 Å². The van der Waals surface area contributed by atoms with E-state index in [1.807, 2.05) is 62.4 Å². The molecule has 0 aliphatic carbocycles. The lowest BCUT2D eigenvalue weighted by Crippen LogP contribution is -2.30. The van der Waals surface area contributed by atoms with Gasteiger partial charge in [0.2, 0.25) is 5.95 Å². The molecule has 5 rings (SSSR count). The number of aromatic nitrogens is 2. The van der Waals surface area contributed by atoms with Crippen molar-refractivity contribution in [1.82, 2.24) is 9.97 Å². The van der Waals surface area contributed by atoms with Crippen LogP contribution < -0.4 is 9.64 Å². The van der Waals surface area contributed by atoms with Gasteiger partial charge in [0.05, 0.1) is 34.3 Å². The minimum atomic E-state index is -0.887. The number of carbonyl (C=O) groups is 2. The Balaban J connectivity index is 1.72. The van der Waals surface area contributed by atoms with Crippen molar-refractivity contribution in [1.29, 1.82) is 0 Å². The smallest absolute Gasteiger partial charge is 0.302 e. The van der Waals surface area contributed by atoms with Gasteiger partial charge in [0, 0.05) is 5.56 Å². The van der Waals surface area contributed by atoms with Gasteiger partial charge in [-0.15, -0.1) is 0 Å². The van der Waals surface area contributed by atoms with Crippen LogP contribution in [0.2, 0.25) is 5.02 Å². The Morgan fingerprint density at radius 1 is 1.11 bits per heavy atom. The van der Waals surface area contributed by atoms with Crippen molar-refractivity contribution in [3.63, 3.8) is 0 Å². The Bertz CT molecular complexity index is 1470. The number of Topliss-reactive ketones (excluding diaryl/α,β-unsaturated/α-hetero) is 1. The molecule has 1 saturated heterocycles.